The minimum absolute atomic E-state index is 0.181. The van der Waals surface area contributed by atoms with E-state index in [1.807, 2.05) is 60.7 Å². The molecule has 0 aliphatic rings. The van der Waals surface area contributed by atoms with Crippen molar-refractivity contribution in [3.63, 3.8) is 0 Å². The molecular formula is C23H29N4O5+. The van der Waals surface area contributed by atoms with Gasteiger partial charge < -0.3 is 26.8 Å². The van der Waals surface area contributed by atoms with E-state index in [1.54, 1.807) is 0 Å². The predicted octanol–water partition coefficient (Wildman–Crippen LogP) is -0.900. The number of nitrogens with one attached hydrogen (secondary N) is 2. The molecule has 0 aromatic heterocycles. The molecule has 0 radical (unpaired) electrons. The zero-order valence-electron chi connectivity index (χ0n) is 18.0. The second-order valence-electron chi connectivity index (χ2n) is 7.39. The van der Waals surface area contributed by atoms with Crippen LogP contribution >= 0.6 is 0 Å². The Hall–Kier alpha value is -3.72. The molecule has 2 aromatic carbocycles. The predicted molar refractivity (Wildman–Crippen MR) is 117 cm³/mol. The highest BCUT2D eigenvalue weighted by Gasteiger charge is 2.30. The average Bonchev–Trinajstić information content (AvgIpc) is 2.78. The number of rotatable bonds is 11. The molecule has 0 aliphatic heterocycles. The van der Waals surface area contributed by atoms with E-state index in [9.17, 15) is 19.2 Å². The number of amides is 3. The lowest BCUT2D eigenvalue weighted by molar-refractivity contribution is -0.402. The van der Waals surface area contributed by atoms with Crippen molar-refractivity contribution >= 4 is 23.7 Å². The van der Waals surface area contributed by atoms with E-state index < -0.39 is 41.8 Å². The molecule has 170 valence electrons. The van der Waals surface area contributed by atoms with Gasteiger partial charge in [-0.15, -0.1) is 0 Å². The van der Waals surface area contributed by atoms with Crippen LogP contribution in [0.15, 0.2) is 60.7 Å². The summed E-state index contributed by atoms with van der Waals surface area (Å²) in [6.07, 6.45) is 0.163. The summed E-state index contributed by atoms with van der Waals surface area (Å²) in [5.74, 6) is -2.41. The van der Waals surface area contributed by atoms with E-state index in [0.717, 1.165) is 11.1 Å². The molecule has 32 heavy (non-hydrogen) atoms. The van der Waals surface area contributed by atoms with Crippen LogP contribution in [0.25, 0.3) is 0 Å². The fourth-order valence-electron chi connectivity index (χ4n) is 3.14. The summed E-state index contributed by atoms with van der Waals surface area (Å²) < 4.78 is 4.84. The molecule has 0 bridgehead atoms. The van der Waals surface area contributed by atoms with Crippen LogP contribution in [0, 0.1) is 0 Å². The van der Waals surface area contributed by atoms with Crippen molar-refractivity contribution in [1.29, 1.82) is 0 Å². The summed E-state index contributed by atoms with van der Waals surface area (Å²) in [4.78, 5) is 49.0. The first-order valence-corrected chi connectivity index (χ1v) is 10.2. The fraction of sp³-hybridized carbons (Fsp3) is 0.304. The Labute approximate surface area is 186 Å². The number of esters is 1. The van der Waals surface area contributed by atoms with Crippen LogP contribution in [0.2, 0.25) is 0 Å². The van der Waals surface area contributed by atoms with E-state index >= 15 is 0 Å². The molecule has 7 N–H and O–H groups in total. The number of hydrogen-bond acceptors (Lipinski definition) is 5. The van der Waals surface area contributed by atoms with Crippen molar-refractivity contribution < 1.29 is 29.6 Å². The van der Waals surface area contributed by atoms with Crippen LogP contribution in [0.3, 0.4) is 0 Å². The Kier molecular flexibility index (Phi) is 9.37. The molecule has 0 heterocycles. The van der Waals surface area contributed by atoms with Gasteiger partial charge in [-0.2, -0.15) is 0 Å². The largest absolute Gasteiger partial charge is 0.467 e. The van der Waals surface area contributed by atoms with Gasteiger partial charge >= 0.3 is 5.97 Å². The minimum atomic E-state index is -0.995. The van der Waals surface area contributed by atoms with Gasteiger partial charge in [0.15, 0.2) is 6.04 Å². The molecule has 9 nitrogen and oxygen atoms in total. The van der Waals surface area contributed by atoms with E-state index in [-0.39, 0.29) is 19.3 Å². The number of benzene rings is 2. The summed E-state index contributed by atoms with van der Waals surface area (Å²) in [5.41, 5.74) is 10.4. The first-order valence-electron chi connectivity index (χ1n) is 10.2. The van der Waals surface area contributed by atoms with Crippen LogP contribution in [-0.2, 0) is 36.8 Å². The van der Waals surface area contributed by atoms with Gasteiger partial charge in [0, 0.05) is 12.8 Å². The maximum Gasteiger partial charge on any atom is 0.328 e. The molecule has 0 fully saturated rings. The quantitative estimate of drug-likeness (QED) is 0.333. The lowest BCUT2D eigenvalue weighted by Crippen LogP contribution is -2.70. The molecule has 0 saturated carbocycles. The number of primary amides is 1. The summed E-state index contributed by atoms with van der Waals surface area (Å²) in [6.45, 7) is 0. The van der Waals surface area contributed by atoms with Gasteiger partial charge in [-0.3, -0.25) is 14.4 Å². The SMILES string of the molecule is COC(=O)[C@@H](Cc1ccccc1)NC(=O)[C@H](Cc1ccccc1)NC(=O)[C@H]([NH3+])CC(N)=O. The zero-order chi connectivity index (χ0) is 23.5. The van der Waals surface area contributed by atoms with Gasteiger partial charge in [-0.1, -0.05) is 60.7 Å². The Balaban J connectivity index is 2.19. The third-order valence-electron chi connectivity index (χ3n) is 4.82. The van der Waals surface area contributed by atoms with Crippen molar-refractivity contribution in [3.05, 3.63) is 71.8 Å². The van der Waals surface area contributed by atoms with Crippen molar-refractivity contribution in [1.82, 2.24) is 10.6 Å². The first-order chi connectivity index (χ1) is 15.3. The average molecular weight is 442 g/mol. The van der Waals surface area contributed by atoms with Gasteiger partial charge in [0.05, 0.1) is 13.5 Å². The lowest BCUT2D eigenvalue weighted by atomic mass is 10.0. The topological polar surface area (TPSA) is 155 Å². The molecule has 2 aromatic rings. The smallest absolute Gasteiger partial charge is 0.328 e. The maximum atomic E-state index is 13.1. The molecular weight excluding hydrogens is 412 g/mol. The van der Waals surface area contributed by atoms with E-state index in [1.165, 1.54) is 7.11 Å². The standard InChI is InChI=1S/C23H28N4O5/c1-32-23(31)19(13-16-10-6-3-7-11-16)27-22(30)18(12-15-8-4-2-5-9-15)26-21(29)17(24)14-20(25)28/h2-11,17-19H,12-14,24H2,1H3,(H2,25,28)(H,26,29)(H,27,30)/p+1/t17-,18+,19-/m1/s1. The number of quaternary nitrogens is 1. The molecule has 3 atom stereocenters. The van der Waals surface area contributed by atoms with E-state index in [2.05, 4.69) is 16.4 Å². The second kappa shape index (κ2) is 12.2. The molecule has 0 aliphatic carbocycles. The van der Waals surface area contributed by atoms with Crippen LogP contribution in [0.1, 0.15) is 17.5 Å². The van der Waals surface area contributed by atoms with Gasteiger partial charge in [0.25, 0.3) is 5.91 Å². The number of nitrogens with two attached hydrogens (primary N) is 1. The van der Waals surface area contributed by atoms with Gasteiger partial charge in [0.2, 0.25) is 11.8 Å². The van der Waals surface area contributed by atoms with Crippen molar-refractivity contribution in [2.45, 2.75) is 37.4 Å². The van der Waals surface area contributed by atoms with Crippen LogP contribution < -0.4 is 22.1 Å². The van der Waals surface area contributed by atoms with Crippen LogP contribution in [0.4, 0.5) is 0 Å². The van der Waals surface area contributed by atoms with E-state index in [0.29, 0.717) is 0 Å². The van der Waals surface area contributed by atoms with Gasteiger partial charge in [-0.25, -0.2) is 4.79 Å². The Morgan fingerprint density at radius 2 is 1.31 bits per heavy atom. The molecule has 0 spiro atoms. The molecule has 0 unspecified atom stereocenters. The summed E-state index contributed by atoms with van der Waals surface area (Å²) in [7, 11) is 1.24. The number of hydrogen-bond donors (Lipinski definition) is 4. The highest BCUT2D eigenvalue weighted by molar-refractivity contribution is 5.93. The second-order valence-corrected chi connectivity index (χ2v) is 7.39. The Morgan fingerprint density at radius 1 is 0.844 bits per heavy atom. The zero-order valence-corrected chi connectivity index (χ0v) is 18.0. The molecule has 2 rings (SSSR count). The van der Waals surface area contributed by atoms with Crippen molar-refractivity contribution in [2.75, 3.05) is 7.11 Å². The van der Waals surface area contributed by atoms with Crippen molar-refractivity contribution in [3.8, 4) is 0 Å². The summed E-state index contributed by atoms with van der Waals surface area (Å²) >= 11 is 0. The summed E-state index contributed by atoms with van der Waals surface area (Å²) in [5, 5.41) is 5.30. The van der Waals surface area contributed by atoms with Gasteiger partial charge in [-0.05, 0) is 11.1 Å². The fourth-order valence-corrected chi connectivity index (χ4v) is 3.14. The van der Waals surface area contributed by atoms with Crippen LogP contribution in [-0.4, -0.2) is 48.9 Å². The third-order valence-corrected chi connectivity index (χ3v) is 4.82. The molecule has 0 saturated heterocycles. The maximum absolute atomic E-state index is 13.1. The minimum Gasteiger partial charge on any atom is -0.467 e. The number of carbonyl (C=O) groups excluding carboxylic acids is 4. The number of carbonyl (C=O) groups is 4. The van der Waals surface area contributed by atoms with Crippen molar-refractivity contribution in [2.24, 2.45) is 5.73 Å². The number of methoxy groups -OCH3 is 1. The van der Waals surface area contributed by atoms with E-state index in [4.69, 9.17) is 10.5 Å². The molecule has 9 heteroatoms. The highest BCUT2D eigenvalue weighted by Crippen LogP contribution is 2.08. The van der Waals surface area contributed by atoms with Gasteiger partial charge in [0.1, 0.15) is 12.1 Å². The number of ether oxygens (including phenoxy) is 1. The first kappa shape index (κ1) is 24.5. The summed E-state index contributed by atoms with van der Waals surface area (Å²) in [6, 6.07) is 15.4. The monoisotopic (exact) mass is 441 g/mol. The Bertz CT molecular complexity index is 920. The van der Waals surface area contributed by atoms with Crippen LogP contribution in [0.5, 0.6) is 0 Å². The Morgan fingerprint density at radius 3 is 1.78 bits per heavy atom. The highest BCUT2D eigenvalue weighted by atomic mass is 16.5. The third kappa shape index (κ3) is 7.84. The lowest BCUT2D eigenvalue weighted by Gasteiger charge is -2.23. The molecule has 3 amide bonds. The normalized spacial score (nSPS) is 13.3.